The van der Waals surface area contributed by atoms with Gasteiger partial charge in [0.05, 0.1) is 35.5 Å². The van der Waals surface area contributed by atoms with Crippen LogP contribution in [-0.4, -0.2) is 177 Å². The summed E-state index contributed by atoms with van der Waals surface area (Å²) in [5.74, 6) is -11.1. The molecule has 11 N–H and O–H groups in total. The number of Topliss-reactive ketones (excluding diaryl/α,β-unsaturated/α-hetero) is 1. The van der Waals surface area contributed by atoms with Crippen LogP contribution in [-0.2, 0) is 54.3 Å². The summed E-state index contributed by atoms with van der Waals surface area (Å²) in [4.78, 5) is 143. The van der Waals surface area contributed by atoms with Crippen molar-refractivity contribution < 1.29 is 86.9 Å². The smallest absolute Gasteiger partial charge is 0.312 e. The van der Waals surface area contributed by atoms with Crippen LogP contribution in [0, 0.1) is 36.5 Å². The van der Waals surface area contributed by atoms with E-state index in [1.165, 1.54) is 71.4 Å². The van der Waals surface area contributed by atoms with Crippen LogP contribution in [0.4, 0.5) is 21.9 Å². The number of allylic oxidation sites excluding steroid dienone is 2. The number of primary amides is 1. The molecule has 1 aliphatic carbocycles. The van der Waals surface area contributed by atoms with Gasteiger partial charge in [-0.15, -0.1) is 0 Å². The number of anilines is 3. The molecular formula is C75H94N10O19. The van der Waals surface area contributed by atoms with Crippen LogP contribution in [0.2, 0.25) is 0 Å². The second-order valence-electron chi connectivity index (χ2n) is 27.7. The lowest BCUT2D eigenvalue weighted by Gasteiger charge is -2.38. The summed E-state index contributed by atoms with van der Waals surface area (Å²) in [7, 11) is 1.42. The van der Waals surface area contributed by atoms with Crippen molar-refractivity contribution in [3.8, 4) is 28.7 Å². The molecule has 11 atom stereocenters. The van der Waals surface area contributed by atoms with E-state index >= 15 is 9.59 Å². The normalized spacial score (nSPS) is 24.4. The van der Waals surface area contributed by atoms with E-state index in [4.69, 9.17) is 34.1 Å². The molecule has 4 bridgehead atoms. The highest BCUT2D eigenvalue weighted by Crippen LogP contribution is 2.51. The molecule has 1 saturated heterocycles. The number of carbonyl (C=O) groups is 9. The number of hydrogen-bond donors (Lipinski definition) is 10. The first kappa shape index (κ1) is 77.9. The predicted molar refractivity (Wildman–Crippen MR) is 385 cm³/mol. The zero-order valence-corrected chi connectivity index (χ0v) is 60.3. The predicted octanol–water partition coefficient (Wildman–Crippen LogP) is 6.47. The van der Waals surface area contributed by atoms with E-state index in [0.29, 0.717) is 63.4 Å². The molecule has 1 fully saturated rings. The first-order chi connectivity index (χ1) is 49.3. The molecule has 6 aliphatic rings. The third kappa shape index (κ3) is 17.5. The molecule has 0 saturated carbocycles. The summed E-state index contributed by atoms with van der Waals surface area (Å²) in [6, 6.07) is 7.52. The Morgan fingerprint density at radius 1 is 0.846 bits per heavy atom. The highest BCUT2D eigenvalue weighted by molar-refractivity contribution is 6.22. The lowest BCUT2D eigenvalue weighted by molar-refractivity contribution is -0.160. The number of aliphatic hydroxyl groups is 2. The summed E-state index contributed by atoms with van der Waals surface area (Å²) in [6.45, 7) is 18.8. The monoisotopic (exact) mass is 1440 g/mol. The number of methoxy groups -OCH3 is 1. The van der Waals surface area contributed by atoms with E-state index in [2.05, 4.69) is 31.5 Å². The maximum atomic E-state index is 15.2. The second kappa shape index (κ2) is 33.5. The fourth-order valence-corrected chi connectivity index (χ4v) is 13.6. The Kier molecular flexibility index (Phi) is 25.1. The minimum atomic E-state index is -2.16. The molecule has 9 rings (SSSR count). The number of esters is 1. The van der Waals surface area contributed by atoms with E-state index in [9.17, 15) is 58.8 Å². The van der Waals surface area contributed by atoms with Gasteiger partial charge in [0.15, 0.2) is 11.3 Å². The first-order valence-corrected chi connectivity index (χ1v) is 35.0. The van der Waals surface area contributed by atoms with Gasteiger partial charge in [-0.2, -0.15) is 0 Å². The number of aliphatic hydroxyl groups excluding tert-OH is 2. The van der Waals surface area contributed by atoms with Crippen LogP contribution < -0.4 is 47.4 Å². The van der Waals surface area contributed by atoms with Crippen molar-refractivity contribution in [3.63, 3.8) is 0 Å². The van der Waals surface area contributed by atoms with E-state index in [1.54, 1.807) is 71.9 Å². The molecule has 29 nitrogen and oxygen atoms in total. The highest BCUT2D eigenvalue weighted by Gasteiger charge is 2.50. The van der Waals surface area contributed by atoms with Crippen molar-refractivity contribution >= 4 is 92.2 Å². The number of aromatic hydroxyl groups is 2. The summed E-state index contributed by atoms with van der Waals surface area (Å²) in [5.41, 5.74) is 5.28. The van der Waals surface area contributed by atoms with Crippen molar-refractivity contribution in [1.82, 2.24) is 30.7 Å². The van der Waals surface area contributed by atoms with Crippen LogP contribution >= 0.6 is 0 Å². The molecule has 3 aromatic rings. The standard InChI is InChI=1S/C75H94N10O19/c1-38(2)59(80-53(88)20-13-12-14-29-85-54(89)25-26-55(85)90)73(98)79-49(19-16-28-77-74(76)99)72(97)78-47-23-21-46(22-24-47)37-83-30-32-84(33-31-83)48-35-50(87)60-52(36-48)103-69-61(81-60)56-57-65(93)44(8)68-58(56)70(95)75(10,104-68)101-34-27-51(100-11)41(5)67(102-45(9)86)43(7)64(92)42(6)63(91)39(3)17-15-18-40(4)71(96)82-62(69)66(57)94/h15,17-18,21-27,34-36,38-39,41-43,49,51,59,63-64,67,87,91-93H,12-14,16,19-20,28-33,37H2,1-11H3,(H,78,97)(H,79,98)(H,80,88)(H,82,96)(H3,76,77,99)/b17-15+,34-27+,40-18-/t39-,41+,42+,43+,49-,51-,59-,63-,64+,67+,75-/m0/s1. The highest BCUT2D eigenvalue weighted by atomic mass is 16.7. The average Bonchev–Trinajstić information content (AvgIpc) is 1.39. The molecule has 5 aliphatic heterocycles. The van der Waals surface area contributed by atoms with E-state index in [1.807, 2.05) is 17.0 Å². The summed E-state index contributed by atoms with van der Waals surface area (Å²) < 4.78 is 30.7. The quantitative estimate of drug-likeness (QED) is 0.0124. The number of nitrogens with zero attached hydrogens (tertiary/aromatic N) is 4. The maximum absolute atomic E-state index is 15.2. The number of hydrogen-bond acceptors (Lipinski definition) is 22. The third-order valence-corrected chi connectivity index (χ3v) is 19.8. The number of piperazine rings is 1. The number of phenolic OH excluding ortho intramolecular Hbond substituents is 2. The number of rotatable bonds is 21. The third-order valence-electron chi connectivity index (χ3n) is 19.8. The van der Waals surface area contributed by atoms with Crippen molar-refractivity contribution in [2.24, 2.45) is 35.3 Å². The van der Waals surface area contributed by atoms with Crippen LogP contribution in [0.15, 0.2) is 93.9 Å². The molecule has 5 heterocycles. The van der Waals surface area contributed by atoms with E-state index in [0.717, 1.165) is 10.5 Å². The van der Waals surface area contributed by atoms with Gasteiger partial charge < -0.3 is 81.0 Å². The number of ketones is 1. The number of ether oxygens (including phenoxy) is 4. The molecule has 0 radical (unpaired) electrons. The van der Waals surface area contributed by atoms with Gasteiger partial charge in [0.2, 0.25) is 23.2 Å². The summed E-state index contributed by atoms with van der Waals surface area (Å²) >= 11 is 0. The van der Waals surface area contributed by atoms with Crippen LogP contribution in [0.25, 0.3) is 33.3 Å². The number of phenols is 2. The van der Waals surface area contributed by atoms with Crippen molar-refractivity contribution in [2.45, 2.75) is 157 Å². The molecule has 0 unspecified atom stereocenters. The number of unbranched alkanes of at least 4 members (excludes halogenated alkanes) is 2. The van der Waals surface area contributed by atoms with Gasteiger partial charge in [0.1, 0.15) is 52.3 Å². The fourth-order valence-electron chi connectivity index (χ4n) is 13.6. The number of fused-ring (bicyclic) bond motifs is 2. The van der Waals surface area contributed by atoms with Gasteiger partial charge in [0.25, 0.3) is 23.5 Å². The Hall–Kier alpha value is -10.2. The van der Waals surface area contributed by atoms with Crippen LogP contribution in [0.1, 0.15) is 122 Å². The molecule has 8 amide bonds. The molecule has 0 aromatic heterocycles. The number of urea groups is 1. The van der Waals surface area contributed by atoms with Crippen molar-refractivity contribution in [1.29, 1.82) is 0 Å². The van der Waals surface area contributed by atoms with Crippen LogP contribution in [0.3, 0.4) is 0 Å². The maximum Gasteiger partial charge on any atom is 0.312 e. The average molecular weight is 1440 g/mol. The Labute approximate surface area is 601 Å². The SMILES string of the molecule is CO[C@H]1/C=C/O[C@@]2(C)Oc3c(C)c(O)c4c(=O)c(c5oc6cc(N7CCN(Cc8ccc(NC(=O)[C@H](CCCNC(N)=O)NC(=O)[C@@H](NC(=O)CCCCCN9C(=O)C=CC9=O)C(C)C)cc8)CC7)cc(O)c6nc-5c4c3C2=O)NC(=O)/C(C)=C\C=C\[C@H](C)[C@H](O)[C@@H](C)[C@@H](O)[C@@H](C)[C@H](OC(C)=O)[C@@H]1C. The molecule has 3 aromatic carbocycles. The van der Waals surface area contributed by atoms with Gasteiger partial charge in [-0.05, 0) is 69.2 Å². The number of benzene rings is 4. The van der Waals surface area contributed by atoms with E-state index < -0.39 is 124 Å². The number of imide groups is 1. The first-order valence-electron chi connectivity index (χ1n) is 35.0. The molecule has 558 valence electrons. The number of carbonyl (C=O) groups excluding carboxylic acids is 9. The van der Waals surface area contributed by atoms with Gasteiger partial charge in [0, 0.05) is 149 Å². The minimum absolute atomic E-state index is 0.0161. The van der Waals surface area contributed by atoms with Gasteiger partial charge in [-0.25, -0.2) is 9.78 Å². The number of nitrogens with one attached hydrogen (secondary N) is 5. The molecule has 29 heteroatoms. The largest absolute Gasteiger partial charge is 0.507 e. The summed E-state index contributed by atoms with van der Waals surface area (Å²) in [5, 5.41) is 60.3. The lowest BCUT2D eigenvalue weighted by Crippen LogP contribution is -2.54. The molecular weight excluding hydrogens is 1340 g/mol. The van der Waals surface area contributed by atoms with Crippen molar-refractivity contribution in [2.75, 3.05) is 61.9 Å². The van der Waals surface area contributed by atoms with Gasteiger partial charge in [-0.1, -0.05) is 78.3 Å². The Bertz CT molecular complexity index is 4250. The Balaban J connectivity index is 0.933. The van der Waals surface area contributed by atoms with E-state index in [-0.39, 0.29) is 112 Å². The minimum Gasteiger partial charge on any atom is -0.507 e. The molecule has 0 spiro atoms. The number of nitrogens with two attached hydrogens (primary N) is 1. The topological polar surface area (TPSA) is 410 Å². The zero-order valence-electron chi connectivity index (χ0n) is 60.3. The van der Waals surface area contributed by atoms with Crippen LogP contribution in [0.5, 0.6) is 17.2 Å². The Morgan fingerprint density at radius 3 is 2.19 bits per heavy atom. The summed E-state index contributed by atoms with van der Waals surface area (Å²) in [6.07, 6.45) is 7.57. The zero-order chi connectivity index (χ0) is 75.8. The van der Waals surface area contributed by atoms with Gasteiger partial charge in [-0.3, -0.25) is 53.0 Å². The lowest BCUT2D eigenvalue weighted by atomic mass is 9.78. The van der Waals surface area contributed by atoms with Gasteiger partial charge >= 0.3 is 17.8 Å². The van der Waals surface area contributed by atoms with Crippen molar-refractivity contribution in [3.05, 3.63) is 112 Å². The fraction of sp³-hybridized carbons (Fsp3) is 0.480. The number of aromatic nitrogens is 1. The number of amides is 8. The Morgan fingerprint density at radius 2 is 1.54 bits per heavy atom. The molecule has 104 heavy (non-hydrogen) atoms. The second-order valence-corrected chi connectivity index (χ2v) is 27.7.